The van der Waals surface area contributed by atoms with Gasteiger partial charge in [0, 0.05) is 29.9 Å². The molecule has 0 atom stereocenters. The Morgan fingerprint density at radius 3 is 2.61 bits per heavy atom. The zero-order valence-corrected chi connectivity index (χ0v) is 17.2. The molecule has 4 aromatic rings. The lowest BCUT2D eigenvalue weighted by Gasteiger charge is -2.10. The Balaban J connectivity index is 1.47. The monoisotopic (exact) mass is 414 g/mol. The van der Waals surface area contributed by atoms with Crippen molar-refractivity contribution < 1.29 is 19.1 Å². The van der Waals surface area contributed by atoms with Gasteiger partial charge in [0.15, 0.2) is 6.61 Å². The summed E-state index contributed by atoms with van der Waals surface area (Å²) in [4.78, 5) is 28.9. The average Bonchev–Trinajstić information content (AvgIpc) is 3.26. The largest absolute Gasteiger partial charge is 0.482 e. The Hall–Kier alpha value is -3.93. The van der Waals surface area contributed by atoms with Gasteiger partial charge in [-0.15, -0.1) is 0 Å². The molecule has 4 rings (SSSR count). The molecule has 0 aliphatic carbocycles. The van der Waals surface area contributed by atoms with Crippen molar-refractivity contribution in [3.05, 3.63) is 95.9 Å². The fraction of sp³-hybridized carbons (Fsp3) is 0.160. The Morgan fingerprint density at radius 2 is 1.81 bits per heavy atom. The van der Waals surface area contributed by atoms with Crippen molar-refractivity contribution in [3.63, 3.8) is 0 Å². The maximum absolute atomic E-state index is 13.0. The van der Waals surface area contributed by atoms with Gasteiger partial charge in [0.05, 0.1) is 17.8 Å². The minimum Gasteiger partial charge on any atom is -0.482 e. The van der Waals surface area contributed by atoms with Crippen molar-refractivity contribution in [1.29, 1.82) is 0 Å². The van der Waals surface area contributed by atoms with E-state index in [-0.39, 0.29) is 12.4 Å². The average molecular weight is 414 g/mol. The lowest BCUT2D eigenvalue weighted by atomic mass is 10.1. The summed E-state index contributed by atoms with van der Waals surface area (Å²) in [6.45, 7) is 2.44. The third-order valence-electron chi connectivity index (χ3n) is 4.84. The second-order valence-electron chi connectivity index (χ2n) is 7.00. The first-order chi connectivity index (χ1) is 15.1. The topological polar surface area (TPSA) is 70.4 Å². The van der Waals surface area contributed by atoms with Crippen LogP contribution in [0.15, 0.2) is 79.1 Å². The van der Waals surface area contributed by atoms with Crippen molar-refractivity contribution in [3.8, 4) is 5.75 Å². The number of hydrogen-bond acceptors (Lipinski definition) is 5. The summed E-state index contributed by atoms with van der Waals surface area (Å²) in [5.41, 5.74) is 3.10. The smallest absolute Gasteiger partial charge is 0.344 e. The van der Waals surface area contributed by atoms with Crippen molar-refractivity contribution >= 4 is 22.7 Å². The highest BCUT2D eigenvalue weighted by molar-refractivity contribution is 6.08. The van der Waals surface area contributed by atoms with E-state index >= 15 is 0 Å². The van der Waals surface area contributed by atoms with E-state index < -0.39 is 5.97 Å². The van der Waals surface area contributed by atoms with Crippen LogP contribution in [0.2, 0.25) is 0 Å². The van der Waals surface area contributed by atoms with E-state index in [1.54, 1.807) is 31.2 Å². The summed E-state index contributed by atoms with van der Waals surface area (Å²) in [6, 6.07) is 20.4. The second kappa shape index (κ2) is 9.26. The molecular weight excluding hydrogens is 392 g/mol. The number of benzene rings is 2. The lowest BCUT2D eigenvalue weighted by Crippen LogP contribution is -2.14. The summed E-state index contributed by atoms with van der Waals surface area (Å²) >= 11 is 0. The SMILES string of the molecule is CCOC(=O)COc1ccc(C(=O)c2cccn2Cc2cnc3ccccc3c2)cc1. The van der Waals surface area contributed by atoms with Gasteiger partial charge in [-0.3, -0.25) is 9.78 Å². The Kier molecular flexibility index (Phi) is 6.08. The molecule has 0 aliphatic rings. The van der Waals surface area contributed by atoms with E-state index in [1.165, 1.54) is 0 Å². The predicted molar refractivity (Wildman–Crippen MR) is 117 cm³/mol. The standard InChI is InChI=1S/C25H22N2O4/c1-2-30-24(28)17-31-21-11-9-19(10-12-21)25(29)23-8-5-13-27(23)16-18-14-20-6-3-4-7-22(20)26-15-18/h3-15H,2,16-17H2,1H3. The molecule has 6 heteroatoms. The van der Waals surface area contributed by atoms with E-state index in [2.05, 4.69) is 11.1 Å². The van der Waals surface area contributed by atoms with Gasteiger partial charge in [-0.25, -0.2) is 4.79 Å². The summed E-state index contributed by atoms with van der Waals surface area (Å²) in [7, 11) is 0. The van der Waals surface area contributed by atoms with Crippen molar-refractivity contribution in [2.24, 2.45) is 0 Å². The number of carbonyl (C=O) groups is 2. The molecule has 0 spiro atoms. The van der Waals surface area contributed by atoms with E-state index in [4.69, 9.17) is 9.47 Å². The van der Waals surface area contributed by atoms with Crippen LogP contribution < -0.4 is 4.74 Å². The number of ketones is 1. The number of ether oxygens (including phenoxy) is 2. The number of pyridine rings is 1. The van der Waals surface area contributed by atoms with Crippen molar-refractivity contribution in [2.45, 2.75) is 13.5 Å². The van der Waals surface area contributed by atoms with Gasteiger partial charge >= 0.3 is 5.97 Å². The molecule has 0 fully saturated rings. The van der Waals surface area contributed by atoms with Crippen LogP contribution in [0.5, 0.6) is 5.75 Å². The molecule has 0 saturated heterocycles. The first kappa shape index (κ1) is 20.3. The highest BCUT2D eigenvalue weighted by Gasteiger charge is 2.14. The first-order valence-electron chi connectivity index (χ1n) is 10.1. The maximum Gasteiger partial charge on any atom is 0.344 e. The quantitative estimate of drug-likeness (QED) is 0.318. The fourth-order valence-corrected chi connectivity index (χ4v) is 3.35. The number of nitrogens with zero attached hydrogens (tertiary/aromatic N) is 2. The van der Waals surface area contributed by atoms with Gasteiger partial charge in [0.25, 0.3) is 0 Å². The molecule has 2 aromatic carbocycles. The fourth-order valence-electron chi connectivity index (χ4n) is 3.35. The summed E-state index contributed by atoms with van der Waals surface area (Å²) in [5, 5.41) is 1.07. The highest BCUT2D eigenvalue weighted by atomic mass is 16.6. The molecule has 156 valence electrons. The minimum atomic E-state index is -0.427. The molecule has 0 bridgehead atoms. The van der Waals surface area contributed by atoms with Gasteiger partial charge in [0.1, 0.15) is 5.75 Å². The summed E-state index contributed by atoms with van der Waals surface area (Å²) in [5.74, 6) is -0.0124. The van der Waals surface area contributed by atoms with E-state index in [0.717, 1.165) is 16.5 Å². The zero-order valence-electron chi connectivity index (χ0n) is 17.2. The van der Waals surface area contributed by atoms with Gasteiger partial charge < -0.3 is 14.0 Å². The summed E-state index contributed by atoms with van der Waals surface area (Å²) < 4.78 is 12.1. The molecule has 2 heterocycles. The van der Waals surface area contributed by atoms with Gasteiger partial charge in [-0.2, -0.15) is 0 Å². The lowest BCUT2D eigenvalue weighted by molar-refractivity contribution is -0.145. The first-order valence-corrected chi connectivity index (χ1v) is 10.1. The highest BCUT2D eigenvalue weighted by Crippen LogP contribution is 2.18. The van der Waals surface area contributed by atoms with Crippen LogP contribution in [0.3, 0.4) is 0 Å². The number of aromatic nitrogens is 2. The van der Waals surface area contributed by atoms with Crippen LogP contribution in [0.4, 0.5) is 0 Å². The molecule has 0 unspecified atom stereocenters. The molecule has 0 amide bonds. The number of para-hydroxylation sites is 1. The predicted octanol–water partition coefficient (Wildman–Crippen LogP) is 4.26. The van der Waals surface area contributed by atoms with E-state index in [9.17, 15) is 9.59 Å². The molecule has 31 heavy (non-hydrogen) atoms. The number of hydrogen-bond donors (Lipinski definition) is 0. The molecule has 0 saturated carbocycles. The number of rotatable bonds is 8. The van der Waals surface area contributed by atoms with Crippen LogP contribution >= 0.6 is 0 Å². The molecule has 2 aromatic heterocycles. The molecule has 0 N–H and O–H groups in total. The number of esters is 1. The number of carbonyl (C=O) groups excluding carboxylic acids is 2. The third-order valence-corrected chi connectivity index (χ3v) is 4.84. The summed E-state index contributed by atoms with van der Waals surface area (Å²) in [6.07, 6.45) is 3.73. The van der Waals surface area contributed by atoms with E-state index in [0.29, 0.717) is 30.2 Å². The third kappa shape index (κ3) is 4.80. The van der Waals surface area contributed by atoms with Crippen LogP contribution in [0.25, 0.3) is 10.9 Å². The van der Waals surface area contributed by atoms with Crippen LogP contribution in [0.1, 0.15) is 28.5 Å². The maximum atomic E-state index is 13.0. The normalized spacial score (nSPS) is 10.7. The minimum absolute atomic E-state index is 0.0873. The molecular formula is C25H22N2O4. The Bertz CT molecular complexity index is 1210. The van der Waals surface area contributed by atoms with E-state index in [1.807, 2.05) is 53.4 Å². The molecule has 0 aliphatic heterocycles. The Morgan fingerprint density at radius 1 is 1.00 bits per heavy atom. The van der Waals surface area contributed by atoms with Crippen LogP contribution in [-0.2, 0) is 16.1 Å². The van der Waals surface area contributed by atoms with Crippen molar-refractivity contribution in [1.82, 2.24) is 9.55 Å². The number of fused-ring (bicyclic) bond motifs is 1. The van der Waals surface area contributed by atoms with Gasteiger partial charge in [-0.05, 0) is 61.0 Å². The van der Waals surface area contributed by atoms with Gasteiger partial charge in [-0.1, -0.05) is 18.2 Å². The van der Waals surface area contributed by atoms with Gasteiger partial charge in [0.2, 0.25) is 5.78 Å². The second-order valence-corrected chi connectivity index (χ2v) is 7.00. The molecule has 6 nitrogen and oxygen atoms in total. The van der Waals surface area contributed by atoms with Crippen LogP contribution in [-0.4, -0.2) is 34.5 Å². The van der Waals surface area contributed by atoms with Crippen molar-refractivity contribution in [2.75, 3.05) is 13.2 Å². The Labute approximate surface area is 180 Å². The molecule has 0 radical (unpaired) electrons. The zero-order chi connectivity index (χ0) is 21.6. The van der Waals surface area contributed by atoms with Crippen LogP contribution in [0, 0.1) is 0 Å².